The Morgan fingerprint density at radius 1 is 1.44 bits per heavy atom. The summed E-state index contributed by atoms with van der Waals surface area (Å²) < 4.78 is 6.33. The number of fused-ring (bicyclic) bond motifs is 1. The number of carbonyl (C=O) groups is 1. The number of ether oxygens (including phenoxy) is 1. The summed E-state index contributed by atoms with van der Waals surface area (Å²) in [6.07, 6.45) is 0. The van der Waals surface area contributed by atoms with Crippen molar-refractivity contribution in [2.24, 2.45) is 5.41 Å². The van der Waals surface area contributed by atoms with E-state index in [0.717, 1.165) is 28.2 Å². The zero-order chi connectivity index (χ0) is 12.6. The van der Waals surface area contributed by atoms with Gasteiger partial charge in [0.05, 0.1) is 18.1 Å². The molecule has 0 aliphatic carbocycles. The van der Waals surface area contributed by atoms with Gasteiger partial charge in [0, 0.05) is 16.7 Å². The molecule has 1 amide bonds. The van der Waals surface area contributed by atoms with E-state index in [1.54, 1.807) is 0 Å². The number of benzene rings is 1. The van der Waals surface area contributed by atoms with Gasteiger partial charge < -0.3 is 10.1 Å². The molecule has 0 radical (unpaired) electrons. The average Bonchev–Trinajstić information content (AvgIpc) is 2.77. The second-order valence-corrected chi connectivity index (χ2v) is 6.22. The quantitative estimate of drug-likeness (QED) is 0.922. The molecule has 2 aromatic rings. The van der Waals surface area contributed by atoms with Crippen LogP contribution >= 0.6 is 11.3 Å². The lowest BCUT2D eigenvalue weighted by atomic mass is 9.89. The van der Waals surface area contributed by atoms with Gasteiger partial charge in [-0.05, 0) is 17.5 Å². The van der Waals surface area contributed by atoms with Crippen LogP contribution in [0.15, 0.2) is 30.3 Å². The van der Waals surface area contributed by atoms with Crippen molar-refractivity contribution in [3.63, 3.8) is 0 Å². The van der Waals surface area contributed by atoms with Crippen molar-refractivity contribution in [1.29, 1.82) is 0 Å². The van der Waals surface area contributed by atoms with Crippen LogP contribution in [0.4, 0.5) is 0 Å². The first-order valence-corrected chi connectivity index (χ1v) is 6.83. The summed E-state index contributed by atoms with van der Waals surface area (Å²) in [5, 5.41) is 4.12. The van der Waals surface area contributed by atoms with Crippen LogP contribution in [0.1, 0.15) is 16.6 Å². The van der Waals surface area contributed by atoms with E-state index in [0.29, 0.717) is 6.54 Å². The third-order valence-corrected chi connectivity index (χ3v) is 4.34. The minimum atomic E-state index is 0.0179. The highest BCUT2D eigenvalue weighted by atomic mass is 32.1. The van der Waals surface area contributed by atoms with Crippen LogP contribution in [0, 0.1) is 5.41 Å². The van der Waals surface area contributed by atoms with Crippen LogP contribution < -0.4 is 5.32 Å². The molecule has 1 saturated heterocycles. The lowest BCUT2D eigenvalue weighted by Gasteiger charge is -2.37. The fourth-order valence-corrected chi connectivity index (χ4v) is 3.01. The molecule has 94 valence electrons. The largest absolute Gasteiger partial charge is 0.380 e. The van der Waals surface area contributed by atoms with Crippen LogP contribution in [0.2, 0.25) is 0 Å². The Kier molecular flexibility index (Phi) is 2.84. The molecule has 2 heterocycles. The van der Waals surface area contributed by atoms with Gasteiger partial charge in [-0.25, -0.2) is 0 Å². The number of nitrogens with one attached hydrogen (secondary N) is 1. The standard InChI is InChI=1S/C14H15NO2S/c1-14(8-17-9-14)7-15-13(16)12-6-10-4-2-3-5-11(10)18-12/h2-6H,7-9H2,1H3,(H,15,16). The van der Waals surface area contributed by atoms with Crippen molar-refractivity contribution in [1.82, 2.24) is 5.32 Å². The predicted molar refractivity (Wildman–Crippen MR) is 73.1 cm³/mol. The molecule has 1 fully saturated rings. The lowest BCUT2D eigenvalue weighted by molar-refractivity contribution is -0.0978. The Hall–Kier alpha value is -1.39. The zero-order valence-corrected chi connectivity index (χ0v) is 11.0. The molecule has 4 heteroatoms. The van der Waals surface area contributed by atoms with E-state index in [1.807, 2.05) is 30.3 Å². The maximum atomic E-state index is 12.1. The van der Waals surface area contributed by atoms with Crippen molar-refractivity contribution in [2.75, 3.05) is 19.8 Å². The SMILES string of the molecule is CC1(CNC(=O)c2cc3ccccc3s2)COC1. The number of thiophene rings is 1. The highest BCUT2D eigenvalue weighted by Gasteiger charge is 2.33. The van der Waals surface area contributed by atoms with Gasteiger partial charge in [0.1, 0.15) is 0 Å². The summed E-state index contributed by atoms with van der Waals surface area (Å²) in [7, 11) is 0. The van der Waals surface area contributed by atoms with Gasteiger partial charge >= 0.3 is 0 Å². The minimum absolute atomic E-state index is 0.0179. The maximum absolute atomic E-state index is 12.1. The van der Waals surface area contributed by atoms with Gasteiger partial charge in [-0.1, -0.05) is 25.1 Å². The van der Waals surface area contributed by atoms with Gasteiger partial charge in [-0.3, -0.25) is 4.79 Å². The molecular weight excluding hydrogens is 246 g/mol. The van der Waals surface area contributed by atoms with E-state index in [-0.39, 0.29) is 11.3 Å². The van der Waals surface area contributed by atoms with Crippen molar-refractivity contribution >= 4 is 27.3 Å². The van der Waals surface area contributed by atoms with Crippen molar-refractivity contribution in [2.45, 2.75) is 6.92 Å². The summed E-state index contributed by atoms with van der Waals surface area (Å²) in [5.74, 6) is 0.0179. The van der Waals surface area contributed by atoms with E-state index in [1.165, 1.54) is 11.3 Å². The number of hydrogen-bond acceptors (Lipinski definition) is 3. The van der Waals surface area contributed by atoms with E-state index in [2.05, 4.69) is 12.2 Å². The monoisotopic (exact) mass is 261 g/mol. The number of rotatable bonds is 3. The molecule has 1 aliphatic heterocycles. The molecule has 3 rings (SSSR count). The summed E-state index contributed by atoms with van der Waals surface area (Å²) in [5.41, 5.74) is 0.117. The first-order chi connectivity index (χ1) is 8.66. The molecule has 0 bridgehead atoms. The Morgan fingerprint density at radius 3 is 2.89 bits per heavy atom. The highest BCUT2D eigenvalue weighted by molar-refractivity contribution is 7.20. The fraction of sp³-hybridized carbons (Fsp3) is 0.357. The van der Waals surface area contributed by atoms with Gasteiger partial charge in [0.25, 0.3) is 5.91 Å². The average molecular weight is 261 g/mol. The molecule has 0 atom stereocenters. The summed E-state index contributed by atoms with van der Waals surface area (Å²) in [4.78, 5) is 12.8. The van der Waals surface area contributed by atoms with Crippen molar-refractivity contribution in [3.8, 4) is 0 Å². The first-order valence-electron chi connectivity index (χ1n) is 6.01. The topological polar surface area (TPSA) is 38.3 Å². The smallest absolute Gasteiger partial charge is 0.261 e. The molecule has 0 unspecified atom stereocenters. The number of hydrogen-bond donors (Lipinski definition) is 1. The predicted octanol–water partition coefficient (Wildman–Crippen LogP) is 2.67. The zero-order valence-electron chi connectivity index (χ0n) is 10.2. The Labute approximate surface area is 110 Å². The Bertz CT molecular complexity index is 553. The molecular formula is C14H15NO2S. The van der Waals surface area contributed by atoms with Crippen LogP contribution in [0.25, 0.3) is 10.1 Å². The highest BCUT2D eigenvalue weighted by Crippen LogP contribution is 2.27. The molecule has 18 heavy (non-hydrogen) atoms. The molecule has 1 aromatic carbocycles. The normalized spacial score (nSPS) is 17.4. The fourth-order valence-electron chi connectivity index (χ4n) is 2.03. The summed E-state index contributed by atoms with van der Waals surface area (Å²) in [6.45, 7) is 4.28. The van der Waals surface area contributed by atoms with E-state index >= 15 is 0 Å². The van der Waals surface area contributed by atoms with Crippen molar-refractivity contribution in [3.05, 3.63) is 35.2 Å². The third-order valence-electron chi connectivity index (χ3n) is 3.23. The van der Waals surface area contributed by atoms with E-state index < -0.39 is 0 Å². The molecule has 0 saturated carbocycles. The molecule has 1 N–H and O–H groups in total. The second kappa shape index (κ2) is 4.37. The number of carbonyl (C=O) groups excluding carboxylic acids is 1. The summed E-state index contributed by atoms with van der Waals surface area (Å²) >= 11 is 1.54. The van der Waals surface area contributed by atoms with Gasteiger partial charge in [0.15, 0.2) is 0 Å². The van der Waals surface area contributed by atoms with Crippen molar-refractivity contribution < 1.29 is 9.53 Å². The Balaban J connectivity index is 1.71. The van der Waals surface area contributed by atoms with Crippen LogP contribution in [-0.2, 0) is 4.74 Å². The number of amides is 1. The van der Waals surface area contributed by atoms with E-state index in [4.69, 9.17) is 4.74 Å². The second-order valence-electron chi connectivity index (χ2n) is 5.13. The molecule has 0 spiro atoms. The molecule has 1 aromatic heterocycles. The lowest BCUT2D eigenvalue weighted by Crippen LogP contribution is -2.48. The third kappa shape index (κ3) is 2.13. The molecule has 3 nitrogen and oxygen atoms in total. The van der Waals surface area contributed by atoms with Crippen LogP contribution in [-0.4, -0.2) is 25.7 Å². The van der Waals surface area contributed by atoms with Crippen LogP contribution in [0.5, 0.6) is 0 Å². The first kappa shape index (κ1) is 11.7. The van der Waals surface area contributed by atoms with Gasteiger partial charge in [-0.15, -0.1) is 11.3 Å². The van der Waals surface area contributed by atoms with Gasteiger partial charge in [0.2, 0.25) is 0 Å². The van der Waals surface area contributed by atoms with Crippen LogP contribution in [0.3, 0.4) is 0 Å². The minimum Gasteiger partial charge on any atom is -0.380 e. The Morgan fingerprint density at radius 2 is 2.22 bits per heavy atom. The van der Waals surface area contributed by atoms with E-state index in [9.17, 15) is 4.79 Å². The summed E-state index contributed by atoms with van der Waals surface area (Å²) in [6, 6.07) is 10.0. The molecule has 1 aliphatic rings. The maximum Gasteiger partial charge on any atom is 0.261 e. The van der Waals surface area contributed by atoms with Gasteiger partial charge in [-0.2, -0.15) is 0 Å².